The molecule has 1 aromatic rings. The molecule has 2 aliphatic rings. The number of hydrogen-bond donors (Lipinski definition) is 1. The lowest BCUT2D eigenvalue weighted by atomic mass is 10.0. The van der Waals surface area contributed by atoms with Crippen molar-refractivity contribution < 1.29 is 24.0 Å². The monoisotopic (exact) mass is 337 g/mol. The van der Waals surface area contributed by atoms with Gasteiger partial charge >= 0.3 is 0 Å². The summed E-state index contributed by atoms with van der Waals surface area (Å²) in [6.07, 6.45) is -0.110. The maximum Gasteiger partial charge on any atom is 0.253 e. The van der Waals surface area contributed by atoms with E-state index in [-0.39, 0.29) is 17.9 Å². The third-order valence-electron chi connectivity index (χ3n) is 3.56. The van der Waals surface area contributed by atoms with Gasteiger partial charge in [-0.1, -0.05) is 5.16 Å². The predicted octanol–water partition coefficient (Wildman–Crippen LogP) is -1.66. The van der Waals surface area contributed by atoms with Gasteiger partial charge in [0.05, 0.1) is 18.1 Å². The van der Waals surface area contributed by atoms with Crippen LogP contribution in [0.2, 0.25) is 0 Å². The van der Waals surface area contributed by atoms with Gasteiger partial charge in [0.25, 0.3) is 5.91 Å². The van der Waals surface area contributed by atoms with E-state index in [0.717, 1.165) is 0 Å². The zero-order valence-corrected chi connectivity index (χ0v) is 13.2. The van der Waals surface area contributed by atoms with Gasteiger partial charge in [0.15, 0.2) is 5.82 Å². The Morgan fingerprint density at radius 2 is 2.22 bits per heavy atom. The van der Waals surface area contributed by atoms with Crippen LogP contribution in [-0.4, -0.2) is 50.0 Å². The molecule has 23 heavy (non-hydrogen) atoms. The summed E-state index contributed by atoms with van der Waals surface area (Å²) in [7, 11) is 0. The Bertz CT molecular complexity index is 728. The third kappa shape index (κ3) is 2.69. The number of carboxylic acid groups (broad SMARTS) is 1. The zero-order valence-electron chi connectivity index (χ0n) is 12.4. The molecule has 0 aliphatic carbocycles. The molecule has 0 saturated carbocycles. The number of carbonyl (C=O) groups excluding carboxylic acids is 3. The summed E-state index contributed by atoms with van der Waals surface area (Å²) in [6.45, 7) is 3.25. The molecule has 3 heterocycles. The van der Waals surface area contributed by atoms with Crippen LogP contribution in [0.15, 0.2) is 15.8 Å². The number of hydrogen-bond acceptors (Lipinski definition) is 8. The summed E-state index contributed by atoms with van der Waals surface area (Å²) in [6, 6.07) is -0.761. The Kier molecular flexibility index (Phi) is 3.84. The van der Waals surface area contributed by atoms with Gasteiger partial charge in [0, 0.05) is 12.7 Å². The van der Waals surface area contributed by atoms with Gasteiger partial charge in [-0.2, -0.15) is 4.98 Å². The summed E-state index contributed by atoms with van der Waals surface area (Å²) < 4.78 is 4.77. The van der Waals surface area contributed by atoms with Crippen molar-refractivity contribution in [1.82, 2.24) is 20.4 Å². The first-order valence-electron chi connectivity index (χ1n) is 6.83. The Balaban J connectivity index is 1.66. The van der Waals surface area contributed by atoms with Gasteiger partial charge in [-0.15, -0.1) is 11.8 Å². The summed E-state index contributed by atoms with van der Waals surface area (Å²) >= 11 is 1.40. The summed E-state index contributed by atoms with van der Waals surface area (Å²) in [4.78, 5) is 40.4. The van der Waals surface area contributed by atoms with Crippen molar-refractivity contribution in [3.63, 3.8) is 0 Å². The molecule has 2 unspecified atom stereocenters. The fourth-order valence-corrected chi connectivity index (χ4v) is 3.84. The number of nitrogens with one attached hydrogen (secondary N) is 1. The van der Waals surface area contributed by atoms with Crippen molar-refractivity contribution in [3.8, 4) is 0 Å². The molecule has 2 atom stereocenters. The van der Waals surface area contributed by atoms with Gasteiger partial charge in [-0.25, -0.2) is 0 Å². The van der Waals surface area contributed by atoms with Crippen molar-refractivity contribution in [2.24, 2.45) is 0 Å². The number of β-lactam (4-membered cyclic amide) rings is 1. The van der Waals surface area contributed by atoms with Crippen LogP contribution in [-0.2, 0) is 20.8 Å². The van der Waals surface area contributed by atoms with Crippen LogP contribution in [0.4, 0.5) is 0 Å². The largest absolute Gasteiger partial charge is 0.543 e. The lowest BCUT2D eigenvalue weighted by molar-refractivity contribution is -0.301. The van der Waals surface area contributed by atoms with E-state index in [1.165, 1.54) is 16.7 Å². The number of aryl methyl sites for hydroxylation is 1. The Morgan fingerprint density at radius 1 is 1.48 bits per heavy atom. The van der Waals surface area contributed by atoms with Gasteiger partial charge in [0.2, 0.25) is 11.8 Å². The van der Waals surface area contributed by atoms with E-state index < -0.39 is 29.2 Å². The normalized spacial score (nSPS) is 23.4. The van der Waals surface area contributed by atoms with Crippen LogP contribution in [0, 0.1) is 6.92 Å². The van der Waals surface area contributed by atoms with E-state index in [4.69, 9.17) is 4.52 Å². The Labute approximate surface area is 135 Å². The molecule has 1 fully saturated rings. The van der Waals surface area contributed by atoms with Crippen LogP contribution in [0.3, 0.4) is 0 Å². The van der Waals surface area contributed by atoms with Crippen molar-refractivity contribution in [3.05, 3.63) is 23.0 Å². The average Bonchev–Trinajstić information content (AvgIpc) is 2.89. The summed E-state index contributed by atoms with van der Waals surface area (Å²) in [5, 5.41) is 17.0. The molecule has 0 spiro atoms. The first kappa shape index (κ1) is 15.5. The van der Waals surface area contributed by atoms with Gasteiger partial charge in [-0.3, -0.25) is 14.5 Å². The topological polar surface area (TPSA) is 128 Å². The third-order valence-corrected chi connectivity index (χ3v) is 4.98. The molecule has 2 amide bonds. The molecule has 0 aromatic carbocycles. The Morgan fingerprint density at radius 3 is 2.83 bits per heavy atom. The van der Waals surface area contributed by atoms with Gasteiger partial charge in [-0.05, 0) is 12.5 Å². The maximum absolute atomic E-state index is 12.2. The molecule has 0 bridgehead atoms. The second kappa shape index (κ2) is 5.69. The summed E-state index contributed by atoms with van der Waals surface area (Å²) in [5.74, 6) is -1.22. The van der Waals surface area contributed by atoms with Crippen molar-refractivity contribution in [2.75, 3.05) is 5.75 Å². The molecule has 3 rings (SSSR count). The highest BCUT2D eigenvalue weighted by atomic mass is 32.2. The minimum absolute atomic E-state index is 0.0990. The highest BCUT2D eigenvalue weighted by molar-refractivity contribution is 8.00. The standard InChI is InChI=1S/C13H14N4O5S/c1-5-4-23-12-9(11(19)17(12)10(5)13(20)21)15-8(18)3-7-14-6(2)22-16-7/h9,12H,3-4H2,1-2H3,(H,15,18)(H,20,21)/p-1. The lowest BCUT2D eigenvalue weighted by Gasteiger charge is -2.50. The molecule has 9 nitrogen and oxygen atoms in total. The smallest absolute Gasteiger partial charge is 0.253 e. The van der Waals surface area contributed by atoms with Crippen LogP contribution >= 0.6 is 11.8 Å². The van der Waals surface area contributed by atoms with E-state index >= 15 is 0 Å². The highest BCUT2D eigenvalue weighted by Crippen LogP contribution is 2.39. The molecular weight excluding hydrogens is 324 g/mol. The first-order valence-corrected chi connectivity index (χ1v) is 7.87. The van der Waals surface area contributed by atoms with E-state index in [2.05, 4.69) is 15.5 Å². The number of fused-ring (bicyclic) bond motifs is 1. The highest BCUT2D eigenvalue weighted by Gasteiger charge is 2.52. The predicted molar refractivity (Wildman–Crippen MR) is 75.5 cm³/mol. The van der Waals surface area contributed by atoms with Crippen molar-refractivity contribution in [2.45, 2.75) is 31.7 Å². The minimum Gasteiger partial charge on any atom is -0.543 e. The maximum atomic E-state index is 12.2. The molecule has 1 N–H and O–H groups in total. The van der Waals surface area contributed by atoms with Crippen molar-refractivity contribution >= 4 is 29.5 Å². The number of rotatable bonds is 4. The molecule has 122 valence electrons. The SMILES string of the molecule is CC1=C(C(=O)[O-])N2C(=O)C(NC(=O)Cc3noc(C)n3)C2SC1. The molecule has 1 aromatic heterocycles. The molecular formula is C13H13N4O5S-. The van der Waals surface area contributed by atoms with Crippen LogP contribution in [0.25, 0.3) is 0 Å². The van der Waals surface area contributed by atoms with Crippen molar-refractivity contribution in [1.29, 1.82) is 0 Å². The van der Waals surface area contributed by atoms with E-state index in [1.807, 2.05) is 0 Å². The minimum atomic E-state index is -1.38. The molecule has 10 heteroatoms. The van der Waals surface area contributed by atoms with Crippen LogP contribution in [0.1, 0.15) is 18.6 Å². The van der Waals surface area contributed by atoms with Crippen LogP contribution < -0.4 is 10.4 Å². The fourth-order valence-electron chi connectivity index (χ4n) is 2.54. The number of nitrogens with zero attached hydrogens (tertiary/aromatic N) is 3. The van der Waals surface area contributed by atoms with Gasteiger partial charge < -0.3 is 19.7 Å². The molecule has 0 radical (unpaired) electrons. The number of amides is 2. The quantitative estimate of drug-likeness (QED) is 0.647. The number of thioether (sulfide) groups is 1. The number of carboxylic acids is 1. The number of aliphatic carboxylic acids is 1. The number of carbonyl (C=O) groups is 3. The summed E-state index contributed by atoms with van der Waals surface area (Å²) in [5.41, 5.74) is 0.477. The fraction of sp³-hybridized carbons (Fsp3) is 0.462. The molecule has 2 aliphatic heterocycles. The lowest BCUT2D eigenvalue weighted by Crippen LogP contribution is -2.71. The van der Waals surface area contributed by atoms with E-state index in [9.17, 15) is 19.5 Å². The average molecular weight is 337 g/mol. The first-order chi connectivity index (χ1) is 10.9. The van der Waals surface area contributed by atoms with Crippen LogP contribution in [0.5, 0.6) is 0 Å². The van der Waals surface area contributed by atoms with E-state index in [1.54, 1.807) is 13.8 Å². The molecule has 1 saturated heterocycles. The number of aromatic nitrogens is 2. The Hall–Kier alpha value is -2.36. The second-order valence-electron chi connectivity index (χ2n) is 5.28. The second-order valence-corrected chi connectivity index (χ2v) is 6.38. The van der Waals surface area contributed by atoms with Gasteiger partial charge in [0.1, 0.15) is 11.4 Å². The zero-order chi connectivity index (χ0) is 16.7. The van der Waals surface area contributed by atoms with E-state index in [0.29, 0.717) is 17.2 Å².